The van der Waals surface area contributed by atoms with Crippen LogP contribution in [-0.4, -0.2) is 34.5 Å². The van der Waals surface area contributed by atoms with E-state index in [0.29, 0.717) is 0 Å². The maximum atomic E-state index is 11.6. The number of halogens is 3. The molecule has 0 aromatic carbocycles. The molecule has 0 bridgehead atoms. The largest absolute Gasteiger partial charge is 0.480 e. The normalized spacial score (nSPS) is 17.1. The highest BCUT2D eigenvalue weighted by atomic mass is 19.4. The first-order valence-corrected chi connectivity index (χ1v) is 2.98. The number of carboxylic acid groups (broad SMARTS) is 1. The van der Waals surface area contributed by atoms with Crippen LogP contribution < -0.4 is 5.73 Å². The predicted molar refractivity (Wildman–Crippen MR) is 32.3 cm³/mol. The number of carbonyl (C=O) groups is 1. The van der Waals surface area contributed by atoms with E-state index in [1.165, 1.54) is 0 Å². The average Bonchev–Trinajstić information content (AvgIpc) is 1.85. The van der Waals surface area contributed by atoms with Gasteiger partial charge in [-0.2, -0.15) is 13.2 Å². The van der Waals surface area contributed by atoms with Crippen LogP contribution >= 0.6 is 0 Å². The third kappa shape index (κ3) is 3.54. The summed E-state index contributed by atoms with van der Waals surface area (Å²) in [4.78, 5) is 9.96. The van der Waals surface area contributed by atoms with E-state index in [2.05, 4.69) is 0 Å². The summed E-state index contributed by atoms with van der Waals surface area (Å²) in [7, 11) is 0. The van der Waals surface area contributed by atoms with Crippen molar-refractivity contribution < 1.29 is 28.2 Å². The van der Waals surface area contributed by atoms with E-state index >= 15 is 0 Å². The number of aliphatic hydroxyl groups is 1. The van der Waals surface area contributed by atoms with Gasteiger partial charge in [-0.1, -0.05) is 0 Å². The molecule has 1 unspecified atom stereocenters. The van der Waals surface area contributed by atoms with Crippen molar-refractivity contribution in [3.05, 3.63) is 0 Å². The lowest BCUT2D eigenvalue weighted by Crippen LogP contribution is -2.39. The molecule has 0 aromatic heterocycles. The van der Waals surface area contributed by atoms with E-state index in [4.69, 9.17) is 15.9 Å². The van der Waals surface area contributed by atoms with Crippen molar-refractivity contribution >= 4 is 5.97 Å². The molecule has 0 saturated carbocycles. The number of aliphatic hydroxyl groups excluding tert-OH is 1. The summed E-state index contributed by atoms with van der Waals surface area (Å²) in [6.07, 6.45) is -8.52. The number of carboxylic acids is 1. The topological polar surface area (TPSA) is 83.5 Å². The summed E-state index contributed by atoms with van der Waals surface area (Å²) < 4.78 is 34.7. The molecule has 0 aliphatic carbocycles. The van der Waals surface area contributed by atoms with Gasteiger partial charge in [0.2, 0.25) is 0 Å². The molecule has 12 heavy (non-hydrogen) atoms. The number of nitrogens with two attached hydrogens (primary N) is 1. The average molecular weight is 187 g/mol. The van der Waals surface area contributed by atoms with Crippen LogP contribution in [0.1, 0.15) is 6.42 Å². The Morgan fingerprint density at radius 1 is 1.50 bits per heavy atom. The summed E-state index contributed by atoms with van der Waals surface area (Å²) >= 11 is 0. The van der Waals surface area contributed by atoms with Gasteiger partial charge in [0.15, 0.2) is 6.10 Å². The molecule has 7 heteroatoms. The summed E-state index contributed by atoms with van der Waals surface area (Å²) in [6, 6.07) is -1.69. The minimum atomic E-state index is -4.81. The zero-order valence-corrected chi connectivity index (χ0v) is 5.88. The van der Waals surface area contributed by atoms with E-state index in [9.17, 15) is 18.0 Å². The van der Waals surface area contributed by atoms with Crippen LogP contribution in [0.2, 0.25) is 0 Å². The van der Waals surface area contributed by atoms with Gasteiger partial charge in [-0.05, 0) is 0 Å². The lowest BCUT2D eigenvalue weighted by atomic mass is 10.1. The fraction of sp³-hybridized carbons (Fsp3) is 0.800. The van der Waals surface area contributed by atoms with Crippen LogP contribution in [0.3, 0.4) is 0 Å². The van der Waals surface area contributed by atoms with Crippen molar-refractivity contribution in [1.29, 1.82) is 0 Å². The number of aliphatic carboxylic acids is 1. The SMILES string of the molecule is N[C@@H](CC(O)C(F)(F)F)C(=O)O. The van der Waals surface area contributed by atoms with Crippen molar-refractivity contribution in [3.8, 4) is 0 Å². The molecule has 0 fully saturated rings. The van der Waals surface area contributed by atoms with Gasteiger partial charge in [-0.3, -0.25) is 4.79 Å². The zero-order chi connectivity index (χ0) is 9.94. The Kier molecular flexibility index (Phi) is 3.47. The van der Waals surface area contributed by atoms with Crippen molar-refractivity contribution in [2.75, 3.05) is 0 Å². The Hall–Kier alpha value is -0.820. The molecule has 0 saturated heterocycles. The third-order valence-electron chi connectivity index (χ3n) is 1.17. The molecular weight excluding hydrogens is 179 g/mol. The molecule has 4 nitrogen and oxygen atoms in total. The second-order valence-corrected chi connectivity index (χ2v) is 2.24. The van der Waals surface area contributed by atoms with Crippen molar-refractivity contribution in [2.45, 2.75) is 24.7 Å². The first kappa shape index (κ1) is 11.2. The molecule has 72 valence electrons. The third-order valence-corrected chi connectivity index (χ3v) is 1.17. The predicted octanol–water partition coefficient (Wildman–Crippen LogP) is -0.288. The van der Waals surface area contributed by atoms with Gasteiger partial charge in [0.1, 0.15) is 6.04 Å². The van der Waals surface area contributed by atoms with Crippen LogP contribution in [-0.2, 0) is 4.79 Å². The Morgan fingerprint density at radius 3 is 2.17 bits per heavy atom. The highest BCUT2D eigenvalue weighted by Crippen LogP contribution is 2.22. The second kappa shape index (κ2) is 3.72. The minimum absolute atomic E-state index is 1.03. The summed E-state index contributed by atoms with van der Waals surface area (Å²) in [5.74, 6) is -1.57. The maximum Gasteiger partial charge on any atom is 0.414 e. The van der Waals surface area contributed by atoms with Gasteiger partial charge in [0, 0.05) is 6.42 Å². The van der Waals surface area contributed by atoms with Gasteiger partial charge >= 0.3 is 12.1 Å². The standard InChI is InChI=1S/C5H8F3NO3/c6-5(7,8)3(10)1-2(9)4(11)12/h2-3,10H,1,9H2,(H,11,12)/t2-,3?/m0/s1. The van der Waals surface area contributed by atoms with Crippen LogP contribution in [0.15, 0.2) is 0 Å². The molecule has 0 amide bonds. The van der Waals surface area contributed by atoms with Gasteiger partial charge in [0.25, 0.3) is 0 Å². The van der Waals surface area contributed by atoms with Crippen molar-refractivity contribution in [3.63, 3.8) is 0 Å². The molecule has 4 N–H and O–H groups in total. The Balaban J connectivity index is 4.01. The summed E-state index contributed by atoms with van der Waals surface area (Å²) in [6.45, 7) is 0. The number of hydrogen-bond acceptors (Lipinski definition) is 3. The van der Waals surface area contributed by atoms with Crippen LogP contribution in [0.4, 0.5) is 13.2 Å². The Bertz CT molecular complexity index is 170. The fourth-order valence-corrected chi connectivity index (χ4v) is 0.475. The van der Waals surface area contributed by atoms with E-state index in [1.54, 1.807) is 0 Å². The maximum absolute atomic E-state index is 11.6. The van der Waals surface area contributed by atoms with E-state index in [1.807, 2.05) is 0 Å². The van der Waals surface area contributed by atoms with E-state index in [-0.39, 0.29) is 0 Å². The lowest BCUT2D eigenvalue weighted by molar-refractivity contribution is -0.207. The van der Waals surface area contributed by atoms with Crippen LogP contribution in [0.5, 0.6) is 0 Å². The highest BCUT2D eigenvalue weighted by Gasteiger charge is 2.39. The molecule has 0 rings (SSSR count). The minimum Gasteiger partial charge on any atom is -0.480 e. The van der Waals surface area contributed by atoms with Crippen molar-refractivity contribution in [2.24, 2.45) is 5.73 Å². The zero-order valence-electron chi connectivity index (χ0n) is 5.88. The second-order valence-electron chi connectivity index (χ2n) is 2.24. The first-order chi connectivity index (χ1) is 5.25. The number of rotatable bonds is 3. The fourth-order valence-electron chi connectivity index (χ4n) is 0.475. The quantitative estimate of drug-likeness (QED) is 0.567. The molecule has 0 aliphatic heterocycles. The number of hydrogen-bond donors (Lipinski definition) is 3. The molecule has 0 heterocycles. The molecule has 0 aliphatic rings. The van der Waals surface area contributed by atoms with E-state index < -0.39 is 30.7 Å². The monoisotopic (exact) mass is 187 g/mol. The van der Waals surface area contributed by atoms with Gasteiger partial charge in [-0.15, -0.1) is 0 Å². The summed E-state index contributed by atoms with van der Waals surface area (Å²) in [5, 5.41) is 16.4. The molecule has 0 aromatic rings. The van der Waals surface area contributed by atoms with Gasteiger partial charge < -0.3 is 15.9 Å². The molecule has 0 spiro atoms. The highest BCUT2D eigenvalue weighted by molar-refractivity contribution is 5.73. The van der Waals surface area contributed by atoms with Gasteiger partial charge in [0.05, 0.1) is 0 Å². The smallest absolute Gasteiger partial charge is 0.414 e. The Labute approximate surface area is 65.8 Å². The lowest BCUT2D eigenvalue weighted by Gasteiger charge is -2.15. The Morgan fingerprint density at radius 2 is 1.92 bits per heavy atom. The molecule has 0 radical (unpaired) electrons. The number of alkyl halides is 3. The first-order valence-electron chi connectivity index (χ1n) is 2.98. The van der Waals surface area contributed by atoms with Gasteiger partial charge in [-0.25, -0.2) is 0 Å². The molecular formula is C5H8F3NO3. The van der Waals surface area contributed by atoms with Crippen molar-refractivity contribution in [1.82, 2.24) is 0 Å². The van der Waals surface area contributed by atoms with Crippen LogP contribution in [0.25, 0.3) is 0 Å². The van der Waals surface area contributed by atoms with Crippen LogP contribution in [0, 0.1) is 0 Å². The molecule has 2 atom stereocenters. The summed E-state index contributed by atoms with van der Waals surface area (Å²) in [5.41, 5.74) is 4.75. The van der Waals surface area contributed by atoms with E-state index in [0.717, 1.165) is 0 Å².